The number of aliphatic hydroxyl groups is 1. The zero-order valence-electron chi connectivity index (χ0n) is 6.54. The number of aromatic nitrogens is 2. The van der Waals surface area contributed by atoms with Crippen molar-refractivity contribution in [3.8, 4) is 0 Å². The summed E-state index contributed by atoms with van der Waals surface area (Å²) in [5.41, 5.74) is 1.23. The number of nitrogens with zero attached hydrogens (tertiary/aromatic N) is 2. The topological polar surface area (TPSA) is 37.5 Å². The molecular weight excluding hydrogens is 211 g/mol. The Morgan fingerprint density at radius 3 is 2.85 bits per heavy atom. The lowest BCUT2D eigenvalue weighted by Crippen LogP contribution is -1.91. The number of aliphatic hydroxyl groups excluding tert-OH is 1. The molecule has 2 aromatic heterocycles. The second-order valence-electron chi connectivity index (χ2n) is 2.58. The van der Waals surface area contributed by atoms with Crippen LogP contribution >= 0.6 is 23.2 Å². The standard InChI is InChI=1S/C8H6Cl2N2O/c9-5-1-2-7-11-8(10)6(4-13)12(7)3-5/h1-3,13H,4H2. The van der Waals surface area contributed by atoms with E-state index in [4.69, 9.17) is 28.3 Å². The van der Waals surface area contributed by atoms with Crippen molar-refractivity contribution in [2.45, 2.75) is 6.61 Å². The number of hydrogen-bond acceptors (Lipinski definition) is 2. The van der Waals surface area contributed by atoms with Gasteiger partial charge in [-0.15, -0.1) is 0 Å². The molecule has 0 saturated carbocycles. The predicted octanol–water partition coefficient (Wildman–Crippen LogP) is 2.13. The van der Waals surface area contributed by atoms with Crippen molar-refractivity contribution in [1.82, 2.24) is 9.38 Å². The maximum atomic E-state index is 9.01. The summed E-state index contributed by atoms with van der Waals surface area (Å²) >= 11 is 11.6. The van der Waals surface area contributed by atoms with E-state index in [0.29, 0.717) is 21.5 Å². The molecule has 5 heteroatoms. The molecule has 2 rings (SSSR count). The van der Waals surface area contributed by atoms with E-state index in [0.717, 1.165) is 0 Å². The molecule has 0 atom stereocenters. The van der Waals surface area contributed by atoms with Gasteiger partial charge in [-0.2, -0.15) is 0 Å². The first-order chi connectivity index (χ1) is 6.22. The van der Waals surface area contributed by atoms with E-state index in [1.54, 1.807) is 22.7 Å². The van der Waals surface area contributed by atoms with Crippen LogP contribution in [0.4, 0.5) is 0 Å². The quantitative estimate of drug-likeness (QED) is 0.794. The van der Waals surface area contributed by atoms with E-state index in [-0.39, 0.29) is 6.61 Å². The predicted molar refractivity (Wildman–Crippen MR) is 51.1 cm³/mol. The Bertz CT molecular complexity index is 453. The van der Waals surface area contributed by atoms with Gasteiger partial charge in [0.25, 0.3) is 0 Å². The second kappa shape index (κ2) is 3.18. The molecule has 0 aliphatic carbocycles. The molecule has 0 bridgehead atoms. The maximum absolute atomic E-state index is 9.01. The molecule has 1 N–H and O–H groups in total. The summed E-state index contributed by atoms with van der Waals surface area (Å²) in [5, 5.41) is 9.90. The van der Waals surface area contributed by atoms with Gasteiger partial charge in [0.15, 0.2) is 5.15 Å². The Kier molecular flexibility index (Phi) is 2.15. The van der Waals surface area contributed by atoms with E-state index in [1.165, 1.54) is 0 Å². The van der Waals surface area contributed by atoms with Crippen molar-refractivity contribution in [2.24, 2.45) is 0 Å². The Balaban J connectivity index is 2.80. The molecule has 0 radical (unpaired) electrons. The van der Waals surface area contributed by atoms with E-state index in [9.17, 15) is 0 Å². The minimum Gasteiger partial charge on any atom is -0.390 e. The molecule has 0 amide bonds. The van der Waals surface area contributed by atoms with Gasteiger partial charge in [0.1, 0.15) is 5.65 Å². The summed E-state index contributed by atoms with van der Waals surface area (Å²) < 4.78 is 1.67. The first-order valence-corrected chi connectivity index (χ1v) is 4.41. The number of halogens is 2. The van der Waals surface area contributed by atoms with Crippen LogP contribution in [-0.4, -0.2) is 14.5 Å². The molecular formula is C8H6Cl2N2O. The summed E-state index contributed by atoms with van der Waals surface area (Å²) in [5.74, 6) is 0. The maximum Gasteiger partial charge on any atom is 0.153 e. The van der Waals surface area contributed by atoms with Gasteiger partial charge in [-0.05, 0) is 12.1 Å². The Hall–Kier alpha value is -0.770. The van der Waals surface area contributed by atoms with Crippen LogP contribution in [-0.2, 0) is 6.61 Å². The highest BCUT2D eigenvalue weighted by Crippen LogP contribution is 2.19. The Morgan fingerprint density at radius 1 is 1.38 bits per heavy atom. The molecule has 0 spiro atoms. The molecule has 0 aromatic carbocycles. The molecule has 0 unspecified atom stereocenters. The molecule has 0 saturated heterocycles. The lowest BCUT2D eigenvalue weighted by molar-refractivity contribution is 0.276. The van der Waals surface area contributed by atoms with Gasteiger partial charge in [-0.25, -0.2) is 4.98 Å². The summed E-state index contributed by atoms with van der Waals surface area (Å²) in [6.45, 7) is -0.152. The normalized spacial score (nSPS) is 11.0. The second-order valence-corrected chi connectivity index (χ2v) is 3.38. The summed E-state index contributed by atoms with van der Waals surface area (Å²) in [4.78, 5) is 4.03. The molecule has 13 heavy (non-hydrogen) atoms. The average Bonchev–Trinajstić information content (AvgIpc) is 2.40. The Labute approximate surface area is 84.5 Å². The largest absolute Gasteiger partial charge is 0.390 e. The molecule has 0 aliphatic rings. The van der Waals surface area contributed by atoms with Crippen LogP contribution in [0.15, 0.2) is 18.3 Å². The SMILES string of the molecule is OCc1c(Cl)nc2ccc(Cl)cn12. The van der Waals surface area contributed by atoms with Crippen LogP contribution in [0, 0.1) is 0 Å². The van der Waals surface area contributed by atoms with Crippen LogP contribution in [0.5, 0.6) is 0 Å². The molecule has 0 aliphatic heterocycles. The van der Waals surface area contributed by atoms with Crippen molar-refractivity contribution in [3.05, 3.63) is 34.2 Å². The first kappa shape index (κ1) is 8.81. The molecule has 2 heterocycles. The van der Waals surface area contributed by atoms with Crippen molar-refractivity contribution in [2.75, 3.05) is 0 Å². The number of hydrogen-bond donors (Lipinski definition) is 1. The van der Waals surface area contributed by atoms with Crippen LogP contribution in [0.3, 0.4) is 0 Å². The molecule has 0 fully saturated rings. The molecule has 68 valence electrons. The smallest absolute Gasteiger partial charge is 0.153 e. The molecule has 3 nitrogen and oxygen atoms in total. The van der Waals surface area contributed by atoms with Crippen LogP contribution in [0.1, 0.15) is 5.69 Å². The lowest BCUT2D eigenvalue weighted by Gasteiger charge is -1.97. The molecule has 2 aromatic rings. The summed E-state index contributed by atoms with van der Waals surface area (Å²) in [6, 6.07) is 3.47. The number of pyridine rings is 1. The third-order valence-corrected chi connectivity index (χ3v) is 2.31. The third kappa shape index (κ3) is 1.39. The van der Waals surface area contributed by atoms with E-state index in [2.05, 4.69) is 4.98 Å². The fourth-order valence-corrected chi connectivity index (χ4v) is 1.58. The number of rotatable bonds is 1. The van der Waals surface area contributed by atoms with Gasteiger partial charge in [-0.1, -0.05) is 23.2 Å². The van der Waals surface area contributed by atoms with Crippen molar-refractivity contribution in [1.29, 1.82) is 0 Å². The average molecular weight is 217 g/mol. The van der Waals surface area contributed by atoms with Crippen molar-refractivity contribution in [3.63, 3.8) is 0 Å². The van der Waals surface area contributed by atoms with Gasteiger partial charge in [0.2, 0.25) is 0 Å². The van der Waals surface area contributed by atoms with Gasteiger partial charge in [0.05, 0.1) is 17.3 Å². The van der Waals surface area contributed by atoms with Crippen molar-refractivity contribution >= 4 is 28.8 Å². The van der Waals surface area contributed by atoms with Gasteiger partial charge in [0, 0.05) is 6.20 Å². The highest BCUT2D eigenvalue weighted by Gasteiger charge is 2.08. The van der Waals surface area contributed by atoms with Crippen LogP contribution in [0.25, 0.3) is 5.65 Å². The van der Waals surface area contributed by atoms with E-state index >= 15 is 0 Å². The van der Waals surface area contributed by atoms with Gasteiger partial charge >= 0.3 is 0 Å². The fraction of sp³-hybridized carbons (Fsp3) is 0.125. The van der Waals surface area contributed by atoms with E-state index in [1.807, 2.05) is 0 Å². The lowest BCUT2D eigenvalue weighted by atomic mass is 10.4. The van der Waals surface area contributed by atoms with Gasteiger partial charge < -0.3 is 5.11 Å². The zero-order valence-corrected chi connectivity index (χ0v) is 8.05. The van der Waals surface area contributed by atoms with Crippen molar-refractivity contribution < 1.29 is 5.11 Å². The first-order valence-electron chi connectivity index (χ1n) is 3.65. The van der Waals surface area contributed by atoms with E-state index < -0.39 is 0 Å². The van der Waals surface area contributed by atoms with Crippen LogP contribution < -0.4 is 0 Å². The minimum absolute atomic E-state index is 0.152. The zero-order chi connectivity index (χ0) is 9.42. The van der Waals surface area contributed by atoms with Crippen LogP contribution in [0.2, 0.25) is 10.2 Å². The van der Waals surface area contributed by atoms with Gasteiger partial charge in [-0.3, -0.25) is 4.40 Å². The number of imidazole rings is 1. The minimum atomic E-state index is -0.152. The Morgan fingerprint density at radius 2 is 2.15 bits per heavy atom. The third-order valence-electron chi connectivity index (χ3n) is 1.78. The summed E-state index contributed by atoms with van der Waals surface area (Å²) in [6.07, 6.45) is 1.67. The highest BCUT2D eigenvalue weighted by atomic mass is 35.5. The number of fused-ring (bicyclic) bond motifs is 1. The monoisotopic (exact) mass is 216 g/mol. The summed E-state index contributed by atoms with van der Waals surface area (Å²) in [7, 11) is 0. The fourth-order valence-electron chi connectivity index (χ4n) is 1.18. The highest BCUT2D eigenvalue weighted by molar-refractivity contribution is 6.31.